The molecule has 0 bridgehead atoms. The average Bonchev–Trinajstić information content (AvgIpc) is 2.54. The lowest BCUT2D eigenvalue weighted by Crippen LogP contribution is -2.20. The van der Waals surface area contributed by atoms with E-state index in [2.05, 4.69) is 4.74 Å². The molecule has 0 radical (unpaired) electrons. The van der Waals surface area contributed by atoms with E-state index in [0.717, 1.165) is 10.2 Å². The van der Waals surface area contributed by atoms with Crippen LogP contribution in [0, 0.1) is 5.41 Å². The number of methoxy groups -OCH3 is 1. The van der Waals surface area contributed by atoms with E-state index in [-0.39, 0.29) is 29.5 Å². The minimum Gasteiger partial charge on any atom is -0.468 e. The number of carbonyl (C=O) groups is 1. The number of halogens is 2. The third-order valence-electron chi connectivity index (χ3n) is 2.18. The van der Waals surface area contributed by atoms with Crippen LogP contribution >= 0.6 is 39.9 Å². The van der Waals surface area contributed by atoms with Crippen LogP contribution in [0.3, 0.4) is 0 Å². The van der Waals surface area contributed by atoms with Gasteiger partial charge in [0, 0.05) is 5.02 Å². The summed E-state index contributed by atoms with van der Waals surface area (Å²) in [6, 6.07) is 5.33. The first-order chi connectivity index (χ1) is 7.61. The highest BCUT2D eigenvalue weighted by atomic mass is 79.9. The number of nitrogens with one attached hydrogen (secondary N) is 1. The summed E-state index contributed by atoms with van der Waals surface area (Å²) in [4.78, 5) is 11.5. The second-order valence-corrected chi connectivity index (χ2v) is 4.65. The predicted octanol–water partition coefficient (Wildman–Crippen LogP) is 2.59. The van der Waals surface area contributed by atoms with Crippen molar-refractivity contribution in [1.82, 2.24) is 4.57 Å². The third kappa shape index (κ3) is 2.88. The number of nitrogens with zero attached hydrogens (tertiary/aromatic N) is 1. The topological polar surface area (TPSA) is 55.1 Å². The van der Waals surface area contributed by atoms with Gasteiger partial charge in [-0.05, 0) is 18.2 Å². The van der Waals surface area contributed by atoms with E-state index < -0.39 is 0 Å². The Balaban J connectivity index is 0.00000144. The van der Waals surface area contributed by atoms with Gasteiger partial charge in [-0.2, -0.15) is 0 Å². The van der Waals surface area contributed by atoms with Gasteiger partial charge < -0.3 is 9.30 Å². The van der Waals surface area contributed by atoms with E-state index >= 15 is 0 Å². The average molecular weight is 338 g/mol. The largest absolute Gasteiger partial charge is 0.468 e. The fourth-order valence-corrected chi connectivity index (χ4v) is 2.60. The van der Waals surface area contributed by atoms with Gasteiger partial charge >= 0.3 is 5.97 Å². The molecule has 0 fully saturated rings. The van der Waals surface area contributed by atoms with Crippen molar-refractivity contribution in [2.24, 2.45) is 0 Å². The Bertz CT molecular complexity index is 608. The van der Waals surface area contributed by atoms with Crippen molar-refractivity contribution >= 4 is 56.1 Å². The molecule has 4 nitrogen and oxygen atoms in total. The first-order valence-electron chi connectivity index (χ1n) is 4.52. The summed E-state index contributed by atoms with van der Waals surface area (Å²) in [6.45, 7) is 0.0525. The second kappa shape index (κ2) is 5.66. The van der Waals surface area contributed by atoms with Crippen molar-refractivity contribution in [3.63, 3.8) is 0 Å². The summed E-state index contributed by atoms with van der Waals surface area (Å²) in [5.41, 5.74) is 0.824. The molecule has 1 N–H and O–H groups in total. The Hall–Kier alpha value is -0.850. The molecule has 0 aliphatic heterocycles. The van der Waals surface area contributed by atoms with E-state index in [0.29, 0.717) is 9.82 Å². The molecular formula is C10H10BrClN2O2S. The smallest absolute Gasteiger partial charge is 0.325 e. The first kappa shape index (κ1) is 14.2. The molecular weight excluding hydrogens is 328 g/mol. The molecule has 92 valence electrons. The lowest BCUT2D eigenvalue weighted by atomic mass is 10.3. The molecule has 0 aliphatic rings. The van der Waals surface area contributed by atoms with Crippen molar-refractivity contribution < 1.29 is 9.53 Å². The van der Waals surface area contributed by atoms with Crippen LogP contribution in [-0.4, -0.2) is 17.6 Å². The highest BCUT2D eigenvalue weighted by molar-refractivity contribution is 8.93. The Morgan fingerprint density at radius 3 is 2.94 bits per heavy atom. The summed E-state index contributed by atoms with van der Waals surface area (Å²) < 4.78 is 7.08. The molecule has 0 atom stereocenters. The van der Waals surface area contributed by atoms with Crippen LogP contribution in [0.1, 0.15) is 0 Å². The number of fused-ring (bicyclic) bond motifs is 1. The monoisotopic (exact) mass is 336 g/mol. The number of carbonyl (C=O) groups excluding carboxylic acids is 1. The lowest BCUT2D eigenvalue weighted by molar-refractivity contribution is -0.141. The molecule has 0 spiro atoms. The maximum absolute atomic E-state index is 11.2. The van der Waals surface area contributed by atoms with Gasteiger partial charge in [-0.15, -0.1) is 17.0 Å². The van der Waals surface area contributed by atoms with E-state index in [1.54, 1.807) is 22.8 Å². The Morgan fingerprint density at radius 1 is 1.59 bits per heavy atom. The summed E-state index contributed by atoms with van der Waals surface area (Å²) in [5, 5.41) is 8.39. The number of ether oxygens (including phenoxy) is 1. The minimum absolute atomic E-state index is 0. The van der Waals surface area contributed by atoms with Crippen LogP contribution in [0.2, 0.25) is 5.02 Å². The zero-order chi connectivity index (χ0) is 11.7. The van der Waals surface area contributed by atoms with Gasteiger partial charge in [0.05, 0.1) is 17.3 Å². The number of aromatic nitrogens is 1. The molecule has 1 heterocycles. The zero-order valence-corrected chi connectivity index (χ0v) is 12.2. The van der Waals surface area contributed by atoms with Crippen LogP contribution in [0.15, 0.2) is 18.2 Å². The maximum atomic E-state index is 11.2. The predicted molar refractivity (Wildman–Crippen MR) is 73.0 cm³/mol. The van der Waals surface area contributed by atoms with Crippen LogP contribution in [0.4, 0.5) is 0 Å². The molecule has 0 amide bonds. The van der Waals surface area contributed by atoms with Crippen LogP contribution < -0.4 is 4.80 Å². The van der Waals surface area contributed by atoms with Gasteiger partial charge in [0.25, 0.3) is 0 Å². The van der Waals surface area contributed by atoms with E-state index in [1.807, 2.05) is 0 Å². The van der Waals surface area contributed by atoms with Gasteiger partial charge in [-0.3, -0.25) is 10.2 Å². The molecule has 0 saturated heterocycles. The van der Waals surface area contributed by atoms with Crippen molar-refractivity contribution in [3.8, 4) is 0 Å². The van der Waals surface area contributed by atoms with Crippen LogP contribution in [0.5, 0.6) is 0 Å². The van der Waals surface area contributed by atoms with Crippen LogP contribution in [-0.2, 0) is 16.1 Å². The fraction of sp³-hybridized carbons (Fsp3) is 0.200. The summed E-state index contributed by atoms with van der Waals surface area (Å²) in [7, 11) is 1.33. The normalized spacial score (nSPS) is 10.0. The number of thiazole rings is 1. The van der Waals surface area contributed by atoms with Crippen molar-refractivity contribution in [1.29, 1.82) is 5.41 Å². The van der Waals surface area contributed by atoms with Gasteiger partial charge in [0.15, 0.2) is 4.80 Å². The second-order valence-electron chi connectivity index (χ2n) is 3.18. The van der Waals surface area contributed by atoms with E-state index in [1.165, 1.54) is 18.4 Å². The van der Waals surface area contributed by atoms with E-state index in [9.17, 15) is 4.79 Å². The molecule has 1 aromatic heterocycles. The molecule has 1 aromatic carbocycles. The number of esters is 1. The summed E-state index contributed by atoms with van der Waals surface area (Å²) in [6.07, 6.45) is 0. The molecule has 7 heteroatoms. The zero-order valence-electron chi connectivity index (χ0n) is 8.90. The fourth-order valence-electron chi connectivity index (χ4n) is 1.41. The van der Waals surface area contributed by atoms with Gasteiger partial charge in [0.2, 0.25) is 0 Å². The van der Waals surface area contributed by atoms with Gasteiger partial charge in [-0.1, -0.05) is 22.9 Å². The van der Waals surface area contributed by atoms with E-state index in [4.69, 9.17) is 17.0 Å². The highest BCUT2D eigenvalue weighted by Gasteiger charge is 2.09. The number of hydrogen-bond acceptors (Lipinski definition) is 4. The Kier molecular flexibility index (Phi) is 4.73. The maximum Gasteiger partial charge on any atom is 0.325 e. The lowest BCUT2D eigenvalue weighted by Gasteiger charge is -2.02. The highest BCUT2D eigenvalue weighted by Crippen LogP contribution is 2.21. The summed E-state index contributed by atoms with van der Waals surface area (Å²) in [5.74, 6) is -0.367. The number of benzene rings is 1. The Labute approximate surface area is 117 Å². The Morgan fingerprint density at radius 2 is 2.29 bits per heavy atom. The molecule has 2 rings (SSSR count). The van der Waals surface area contributed by atoms with Gasteiger partial charge in [0.1, 0.15) is 6.54 Å². The van der Waals surface area contributed by atoms with Crippen molar-refractivity contribution in [3.05, 3.63) is 28.0 Å². The van der Waals surface area contributed by atoms with Gasteiger partial charge in [-0.25, -0.2) is 0 Å². The van der Waals surface area contributed by atoms with Crippen LogP contribution in [0.25, 0.3) is 10.2 Å². The minimum atomic E-state index is -0.367. The molecule has 2 aromatic rings. The standard InChI is InChI=1S/C10H9ClN2O2S.BrH/c1-15-9(14)5-13-7-3-2-6(11)4-8(7)16-10(13)12;/h2-4,12H,5H2,1H3;1H. The number of rotatable bonds is 2. The molecule has 17 heavy (non-hydrogen) atoms. The van der Waals surface area contributed by atoms with Crippen molar-refractivity contribution in [2.75, 3.05) is 7.11 Å². The SMILES string of the molecule is Br.COC(=O)Cn1c(=N)sc2cc(Cl)ccc21. The number of hydrogen-bond donors (Lipinski definition) is 1. The summed E-state index contributed by atoms with van der Waals surface area (Å²) >= 11 is 7.14. The third-order valence-corrected chi connectivity index (χ3v) is 3.38. The van der Waals surface area contributed by atoms with Crippen molar-refractivity contribution in [2.45, 2.75) is 6.54 Å². The molecule has 0 saturated carbocycles. The molecule has 0 aliphatic carbocycles. The first-order valence-corrected chi connectivity index (χ1v) is 5.71. The molecule has 0 unspecified atom stereocenters. The quantitative estimate of drug-likeness (QED) is 0.856.